The van der Waals surface area contributed by atoms with E-state index in [1.165, 1.54) is 6.92 Å². The van der Waals surface area contributed by atoms with Gasteiger partial charge in [0.15, 0.2) is 0 Å². The van der Waals surface area contributed by atoms with Crippen LogP contribution < -0.4 is 16.4 Å². The molecule has 21 heavy (non-hydrogen) atoms. The first-order valence-electron chi connectivity index (χ1n) is 6.55. The lowest BCUT2D eigenvalue weighted by atomic mass is 10.1. The molecular formula is C16H17N3O2. The highest BCUT2D eigenvalue weighted by Crippen LogP contribution is 2.17. The maximum absolute atomic E-state index is 12.1. The van der Waals surface area contributed by atoms with E-state index in [1.54, 1.807) is 36.4 Å². The van der Waals surface area contributed by atoms with Crippen molar-refractivity contribution >= 4 is 23.2 Å². The summed E-state index contributed by atoms with van der Waals surface area (Å²) in [6.07, 6.45) is 0. The normalized spacial score (nSPS) is 11.5. The number of carbonyl (C=O) groups is 2. The van der Waals surface area contributed by atoms with Crippen LogP contribution in [0.2, 0.25) is 0 Å². The summed E-state index contributed by atoms with van der Waals surface area (Å²) >= 11 is 0. The molecule has 5 heteroatoms. The molecular weight excluding hydrogens is 266 g/mol. The van der Waals surface area contributed by atoms with E-state index in [2.05, 4.69) is 10.6 Å². The Morgan fingerprint density at radius 3 is 2.19 bits per heavy atom. The monoisotopic (exact) mass is 283 g/mol. The minimum absolute atomic E-state index is 0.167. The molecule has 0 aromatic heterocycles. The lowest BCUT2D eigenvalue weighted by Crippen LogP contribution is -2.27. The van der Waals surface area contributed by atoms with Crippen LogP contribution in [0.15, 0.2) is 54.6 Å². The highest BCUT2D eigenvalue weighted by molar-refractivity contribution is 5.96. The lowest BCUT2D eigenvalue weighted by Gasteiger charge is -2.13. The zero-order valence-electron chi connectivity index (χ0n) is 11.7. The van der Waals surface area contributed by atoms with Crippen molar-refractivity contribution in [2.75, 3.05) is 10.6 Å². The standard InChI is InChI=1S/C16H17N3O2/c1-11(20)18-13-8-5-9-14(10-13)19-16(21)15(17)12-6-3-2-4-7-12/h2-10,15H,17H2,1H3,(H,18,20)(H,19,21)/t15-/m0/s1. The highest BCUT2D eigenvalue weighted by atomic mass is 16.2. The van der Waals surface area contributed by atoms with Crippen LogP contribution in [-0.2, 0) is 9.59 Å². The van der Waals surface area contributed by atoms with Crippen molar-refractivity contribution in [3.05, 3.63) is 60.2 Å². The molecule has 4 N–H and O–H groups in total. The number of hydrogen-bond acceptors (Lipinski definition) is 3. The lowest BCUT2D eigenvalue weighted by molar-refractivity contribution is -0.117. The molecule has 0 radical (unpaired) electrons. The molecule has 0 aliphatic carbocycles. The first kappa shape index (κ1) is 14.7. The van der Waals surface area contributed by atoms with Crippen molar-refractivity contribution in [2.45, 2.75) is 13.0 Å². The fourth-order valence-electron chi connectivity index (χ4n) is 1.91. The topological polar surface area (TPSA) is 84.2 Å². The van der Waals surface area contributed by atoms with Crippen molar-refractivity contribution in [1.29, 1.82) is 0 Å². The Kier molecular flexibility index (Phi) is 4.68. The van der Waals surface area contributed by atoms with Crippen LogP contribution in [0.5, 0.6) is 0 Å². The molecule has 0 bridgehead atoms. The molecule has 0 spiro atoms. The van der Waals surface area contributed by atoms with E-state index in [-0.39, 0.29) is 11.8 Å². The first-order chi connectivity index (χ1) is 10.1. The Balaban J connectivity index is 2.07. The first-order valence-corrected chi connectivity index (χ1v) is 6.55. The maximum atomic E-state index is 12.1. The summed E-state index contributed by atoms with van der Waals surface area (Å²) in [6, 6.07) is 15.3. The van der Waals surface area contributed by atoms with Gasteiger partial charge in [0.05, 0.1) is 0 Å². The van der Waals surface area contributed by atoms with E-state index in [9.17, 15) is 9.59 Å². The van der Waals surface area contributed by atoms with Gasteiger partial charge in [-0.15, -0.1) is 0 Å². The molecule has 0 unspecified atom stereocenters. The van der Waals surface area contributed by atoms with E-state index < -0.39 is 6.04 Å². The molecule has 0 heterocycles. The summed E-state index contributed by atoms with van der Waals surface area (Å²) in [6.45, 7) is 1.43. The molecule has 0 saturated heterocycles. The van der Waals surface area contributed by atoms with Gasteiger partial charge in [-0.05, 0) is 23.8 Å². The van der Waals surface area contributed by atoms with Gasteiger partial charge in [0, 0.05) is 18.3 Å². The third kappa shape index (κ3) is 4.15. The average Bonchev–Trinajstić information content (AvgIpc) is 2.47. The predicted molar refractivity (Wildman–Crippen MR) is 82.7 cm³/mol. The van der Waals surface area contributed by atoms with Crippen molar-refractivity contribution in [1.82, 2.24) is 0 Å². The molecule has 108 valence electrons. The van der Waals surface area contributed by atoms with Crippen LogP contribution in [0.4, 0.5) is 11.4 Å². The van der Waals surface area contributed by atoms with Crippen LogP contribution in [0.3, 0.4) is 0 Å². The second-order valence-corrected chi connectivity index (χ2v) is 4.64. The summed E-state index contributed by atoms with van der Waals surface area (Å²) in [7, 11) is 0. The van der Waals surface area contributed by atoms with Crippen LogP contribution in [0.25, 0.3) is 0 Å². The Hall–Kier alpha value is -2.66. The van der Waals surface area contributed by atoms with Gasteiger partial charge in [-0.25, -0.2) is 0 Å². The molecule has 2 rings (SSSR count). The van der Waals surface area contributed by atoms with Gasteiger partial charge in [0.1, 0.15) is 6.04 Å². The third-order valence-electron chi connectivity index (χ3n) is 2.89. The van der Waals surface area contributed by atoms with Gasteiger partial charge in [-0.2, -0.15) is 0 Å². The summed E-state index contributed by atoms with van der Waals surface area (Å²) in [4.78, 5) is 23.1. The van der Waals surface area contributed by atoms with Crippen LogP contribution in [-0.4, -0.2) is 11.8 Å². The molecule has 0 aliphatic rings. The van der Waals surface area contributed by atoms with Gasteiger partial charge in [0.25, 0.3) is 0 Å². The molecule has 0 saturated carbocycles. The second-order valence-electron chi connectivity index (χ2n) is 4.64. The number of rotatable bonds is 4. The number of amides is 2. The Morgan fingerprint density at radius 1 is 0.952 bits per heavy atom. The van der Waals surface area contributed by atoms with E-state index in [0.717, 1.165) is 5.56 Å². The SMILES string of the molecule is CC(=O)Nc1cccc(NC(=O)[C@@H](N)c2ccccc2)c1. The van der Waals surface area contributed by atoms with Crippen LogP contribution in [0.1, 0.15) is 18.5 Å². The number of benzene rings is 2. The van der Waals surface area contributed by atoms with Crippen molar-refractivity contribution in [3.63, 3.8) is 0 Å². The Bertz CT molecular complexity index is 641. The van der Waals surface area contributed by atoms with Gasteiger partial charge in [-0.1, -0.05) is 36.4 Å². The number of hydrogen-bond donors (Lipinski definition) is 3. The van der Waals surface area contributed by atoms with Gasteiger partial charge in [-0.3, -0.25) is 9.59 Å². The number of carbonyl (C=O) groups excluding carboxylic acids is 2. The highest BCUT2D eigenvalue weighted by Gasteiger charge is 2.15. The molecule has 2 aromatic rings. The zero-order chi connectivity index (χ0) is 15.2. The van der Waals surface area contributed by atoms with Crippen molar-refractivity contribution in [2.24, 2.45) is 5.73 Å². The van der Waals surface area contributed by atoms with Crippen LogP contribution in [0, 0.1) is 0 Å². The van der Waals surface area contributed by atoms with Gasteiger partial charge in [0.2, 0.25) is 11.8 Å². The summed E-state index contributed by atoms with van der Waals surface area (Å²) in [5.41, 5.74) is 7.87. The molecule has 1 atom stereocenters. The average molecular weight is 283 g/mol. The Morgan fingerprint density at radius 2 is 1.57 bits per heavy atom. The van der Waals surface area contributed by atoms with Crippen LogP contribution >= 0.6 is 0 Å². The third-order valence-corrected chi connectivity index (χ3v) is 2.89. The second kappa shape index (κ2) is 6.67. The largest absolute Gasteiger partial charge is 0.326 e. The number of nitrogens with one attached hydrogen (secondary N) is 2. The minimum atomic E-state index is -0.740. The van der Waals surface area contributed by atoms with Gasteiger partial charge < -0.3 is 16.4 Å². The predicted octanol–water partition coefficient (Wildman–Crippen LogP) is 2.28. The van der Waals surface area contributed by atoms with Crippen molar-refractivity contribution < 1.29 is 9.59 Å². The van der Waals surface area contributed by atoms with Crippen molar-refractivity contribution in [3.8, 4) is 0 Å². The summed E-state index contributed by atoms with van der Waals surface area (Å²) < 4.78 is 0. The summed E-state index contributed by atoms with van der Waals surface area (Å²) in [5, 5.41) is 5.40. The fourth-order valence-corrected chi connectivity index (χ4v) is 1.91. The maximum Gasteiger partial charge on any atom is 0.245 e. The van der Waals surface area contributed by atoms with Gasteiger partial charge >= 0.3 is 0 Å². The van der Waals surface area contributed by atoms with E-state index in [4.69, 9.17) is 5.73 Å². The zero-order valence-corrected chi connectivity index (χ0v) is 11.7. The summed E-state index contributed by atoms with van der Waals surface area (Å²) in [5.74, 6) is -0.472. The fraction of sp³-hybridized carbons (Fsp3) is 0.125. The number of nitrogens with two attached hydrogens (primary N) is 1. The Labute approximate surface area is 123 Å². The quantitative estimate of drug-likeness (QED) is 0.805. The van der Waals surface area contributed by atoms with E-state index in [1.807, 2.05) is 18.2 Å². The van der Waals surface area contributed by atoms with E-state index in [0.29, 0.717) is 11.4 Å². The molecule has 2 aromatic carbocycles. The molecule has 5 nitrogen and oxygen atoms in total. The molecule has 0 aliphatic heterocycles. The smallest absolute Gasteiger partial charge is 0.245 e. The number of anilines is 2. The molecule has 2 amide bonds. The van der Waals surface area contributed by atoms with E-state index >= 15 is 0 Å². The minimum Gasteiger partial charge on any atom is -0.326 e. The molecule has 0 fully saturated rings.